The van der Waals surface area contributed by atoms with Crippen LogP contribution < -0.4 is 10.4 Å². The number of nitrogens with one attached hydrogen (secondary N) is 1. The van der Waals surface area contributed by atoms with E-state index in [1.165, 1.54) is 17.0 Å². The van der Waals surface area contributed by atoms with Crippen molar-refractivity contribution in [2.45, 2.75) is 0 Å². The van der Waals surface area contributed by atoms with Crippen LogP contribution in [-0.2, 0) is 0 Å². The predicted octanol–water partition coefficient (Wildman–Crippen LogP) is 0.338. The molecule has 0 bridgehead atoms. The van der Waals surface area contributed by atoms with Gasteiger partial charge in [0.2, 0.25) is 11.8 Å². The normalized spacial score (nSPS) is 13.8. The van der Waals surface area contributed by atoms with Crippen LogP contribution in [0.2, 0.25) is 0 Å². The lowest BCUT2D eigenvalue weighted by atomic mass is 10.4. The molecule has 2 rings (SSSR count). The summed E-state index contributed by atoms with van der Waals surface area (Å²) < 4.78 is 0.682. The van der Waals surface area contributed by atoms with Crippen LogP contribution in [0.3, 0.4) is 0 Å². The first-order chi connectivity index (χ1) is 8.18. The number of carbonyl (C=O) groups excluding carboxylic acids is 1. The van der Waals surface area contributed by atoms with Crippen LogP contribution in [0.25, 0.3) is 0 Å². The summed E-state index contributed by atoms with van der Waals surface area (Å²) in [7, 11) is 0. The zero-order valence-electron chi connectivity index (χ0n) is 8.78. The third-order valence-corrected chi connectivity index (χ3v) is 2.10. The number of hydroxylamine groups is 1. The minimum absolute atomic E-state index is 0.322. The van der Waals surface area contributed by atoms with E-state index in [1.807, 2.05) is 6.08 Å². The molecule has 0 saturated heterocycles. The summed E-state index contributed by atoms with van der Waals surface area (Å²) in [5, 5.41) is 18.5. The molecule has 7 nitrogen and oxygen atoms in total. The van der Waals surface area contributed by atoms with Crippen LogP contribution in [0.1, 0.15) is 0 Å². The van der Waals surface area contributed by atoms with Gasteiger partial charge in [0.25, 0.3) is 0 Å². The van der Waals surface area contributed by atoms with E-state index in [9.17, 15) is 15.0 Å². The van der Waals surface area contributed by atoms with Crippen LogP contribution in [0.15, 0.2) is 36.6 Å². The van der Waals surface area contributed by atoms with Gasteiger partial charge in [0.15, 0.2) is 0 Å². The number of rotatable bonds is 2. The van der Waals surface area contributed by atoms with Crippen molar-refractivity contribution >= 4 is 6.03 Å². The van der Waals surface area contributed by atoms with Gasteiger partial charge in [-0.2, -0.15) is 0 Å². The largest absolute Gasteiger partial charge is 0.492 e. The number of urea groups is 1. The lowest BCUT2D eigenvalue weighted by Gasteiger charge is -2.18. The van der Waals surface area contributed by atoms with E-state index in [0.717, 1.165) is 0 Å². The summed E-state index contributed by atoms with van der Waals surface area (Å²) in [6.07, 6.45) is 6.89. The number of hydrogen-bond donors (Lipinski definition) is 3. The first kappa shape index (κ1) is 10.9. The van der Waals surface area contributed by atoms with Gasteiger partial charge in [0, 0.05) is 24.9 Å². The Hall–Kier alpha value is -2.57. The van der Waals surface area contributed by atoms with E-state index in [1.54, 1.807) is 18.4 Å². The highest BCUT2D eigenvalue weighted by Gasteiger charge is 2.13. The quantitative estimate of drug-likeness (QED) is 0.647. The third-order valence-electron chi connectivity index (χ3n) is 2.10. The fraction of sp³-hybridized carbons (Fsp3) is 0.100. The highest BCUT2D eigenvalue weighted by Crippen LogP contribution is 2.17. The molecule has 0 aliphatic carbocycles. The molecule has 0 atom stereocenters. The van der Waals surface area contributed by atoms with Gasteiger partial charge in [-0.1, -0.05) is 16.9 Å². The SMILES string of the molecule is O=C(NOn1c(O)ccc1O)N1C=CC=CC1. The van der Waals surface area contributed by atoms with Crippen LogP contribution in [0.5, 0.6) is 11.8 Å². The summed E-state index contributed by atoms with van der Waals surface area (Å²) in [6, 6.07) is 1.94. The Bertz CT molecular complexity index is 458. The van der Waals surface area contributed by atoms with E-state index in [4.69, 9.17) is 4.94 Å². The molecule has 1 aliphatic heterocycles. The van der Waals surface area contributed by atoms with Crippen molar-refractivity contribution in [2.24, 2.45) is 0 Å². The third kappa shape index (κ3) is 2.33. The molecule has 7 heteroatoms. The van der Waals surface area contributed by atoms with Gasteiger partial charge < -0.3 is 10.2 Å². The molecular formula is C10H11N3O4. The number of carbonyl (C=O) groups is 1. The van der Waals surface area contributed by atoms with Crippen LogP contribution in [0, 0.1) is 0 Å². The number of aromatic nitrogens is 1. The Morgan fingerprint density at radius 3 is 2.59 bits per heavy atom. The van der Waals surface area contributed by atoms with Crippen molar-refractivity contribution in [1.29, 1.82) is 0 Å². The number of allylic oxidation sites excluding steroid dienone is 2. The minimum atomic E-state index is -0.516. The Morgan fingerprint density at radius 2 is 2.00 bits per heavy atom. The molecule has 0 saturated carbocycles. The maximum absolute atomic E-state index is 11.5. The van der Waals surface area contributed by atoms with Crippen LogP contribution in [-0.4, -0.2) is 32.4 Å². The summed E-state index contributed by atoms with van der Waals surface area (Å²) in [5.41, 5.74) is 2.08. The lowest BCUT2D eigenvalue weighted by Crippen LogP contribution is -2.41. The second-order valence-electron chi connectivity index (χ2n) is 3.26. The van der Waals surface area contributed by atoms with Gasteiger partial charge in [-0.3, -0.25) is 9.84 Å². The Labute approximate surface area is 96.7 Å². The summed E-state index contributed by atoms with van der Waals surface area (Å²) in [6.45, 7) is 0.426. The van der Waals surface area contributed by atoms with Gasteiger partial charge >= 0.3 is 6.03 Å². The predicted molar refractivity (Wildman–Crippen MR) is 57.9 cm³/mol. The smallest absolute Gasteiger partial charge is 0.356 e. The van der Waals surface area contributed by atoms with Gasteiger partial charge in [0.05, 0.1) is 0 Å². The zero-order valence-corrected chi connectivity index (χ0v) is 8.78. The second-order valence-corrected chi connectivity index (χ2v) is 3.26. The maximum atomic E-state index is 11.5. The highest BCUT2D eigenvalue weighted by atomic mass is 16.8. The molecule has 1 aromatic rings. The van der Waals surface area contributed by atoms with Crippen molar-refractivity contribution in [2.75, 3.05) is 6.54 Å². The summed E-state index contributed by atoms with van der Waals surface area (Å²) >= 11 is 0. The van der Waals surface area contributed by atoms with E-state index >= 15 is 0 Å². The van der Waals surface area contributed by atoms with Crippen molar-refractivity contribution in [1.82, 2.24) is 15.1 Å². The van der Waals surface area contributed by atoms with Gasteiger partial charge in [-0.05, 0) is 6.08 Å². The van der Waals surface area contributed by atoms with E-state index in [2.05, 4.69) is 5.48 Å². The van der Waals surface area contributed by atoms with Crippen LogP contribution in [0.4, 0.5) is 4.79 Å². The van der Waals surface area contributed by atoms with E-state index < -0.39 is 6.03 Å². The minimum Gasteiger partial charge on any atom is -0.492 e. The molecule has 0 spiro atoms. The number of hydrogen-bond acceptors (Lipinski definition) is 4. The van der Waals surface area contributed by atoms with Gasteiger partial charge in [-0.25, -0.2) is 4.79 Å². The first-order valence-electron chi connectivity index (χ1n) is 4.85. The topological polar surface area (TPSA) is 87.0 Å². The molecule has 2 heterocycles. The zero-order chi connectivity index (χ0) is 12.3. The average molecular weight is 237 g/mol. The van der Waals surface area contributed by atoms with E-state index in [-0.39, 0.29) is 11.8 Å². The molecule has 1 aliphatic rings. The van der Waals surface area contributed by atoms with Crippen molar-refractivity contribution < 1.29 is 19.9 Å². The lowest BCUT2D eigenvalue weighted by molar-refractivity contribution is 0.0161. The molecular weight excluding hydrogens is 226 g/mol. The van der Waals surface area contributed by atoms with Crippen molar-refractivity contribution in [3.05, 3.63) is 36.6 Å². The van der Waals surface area contributed by atoms with Gasteiger partial charge in [0.1, 0.15) is 0 Å². The molecule has 90 valence electrons. The molecule has 17 heavy (non-hydrogen) atoms. The van der Waals surface area contributed by atoms with Crippen LogP contribution >= 0.6 is 0 Å². The fourth-order valence-electron chi connectivity index (χ4n) is 1.26. The summed E-state index contributed by atoms with van der Waals surface area (Å²) in [5.74, 6) is -0.645. The number of nitrogens with zero attached hydrogens (tertiary/aromatic N) is 2. The monoisotopic (exact) mass is 237 g/mol. The first-order valence-corrected chi connectivity index (χ1v) is 4.85. The molecule has 0 aromatic carbocycles. The molecule has 0 radical (unpaired) electrons. The Balaban J connectivity index is 1.92. The van der Waals surface area contributed by atoms with Crippen molar-refractivity contribution in [3.63, 3.8) is 0 Å². The standard InChI is InChI=1S/C10H11N3O4/c14-8-4-5-9(15)13(8)17-11-10(16)12-6-2-1-3-7-12/h1-6,14-15H,7H2,(H,11,16). The highest BCUT2D eigenvalue weighted by molar-refractivity contribution is 5.74. The Kier molecular flexibility index (Phi) is 2.91. The number of amides is 2. The molecule has 3 N–H and O–H groups in total. The molecule has 1 aromatic heterocycles. The van der Waals surface area contributed by atoms with E-state index in [0.29, 0.717) is 11.3 Å². The van der Waals surface area contributed by atoms with Gasteiger partial charge in [-0.15, -0.1) is 5.48 Å². The summed E-state index contributed by atoms with van der Waals surface area (Å²) in [4.78, 5) is 17.6. The maximum Gasteiger partial charge on any atom is 0.356 e. The molecule has 0 fully saturated rings. The Morgan fingerprint density at radius 1 is 1.29 bits per heavy atom. The molecule has 0 unspecified atom stereocenters. The fourth-order valence-corrected chi connectivity index (χ4v) is 1.26. The van der Waals surface area contributed by atoms with Crippen molar-refractivity contribution in [3.8, 4) is 11.8 Å². The second kappa shape index (κ2) is 4.52. The molecule has 2 amide bonds. The average Bonchev–Trinajstić information content (AvgIpc) is 2.67. The number of aromatic hydroxyl groups is 2.